The van der Waals surface area contributed by atoms with Crippen LogP contribution in [0.25, 0.3) is 0 Å². The Morgan fingerprint density at radius 1 is 1.50 bits per heavy atom. The van der Waals surface area contributed by atoms with Crippen LogP contribution in [0, 0.1) is 6.92 Å². The molecule has 10 heavy (non-hydrogen) atoms. The lowest BCUT2D eigenvalue weighted by Crippen LogP contribution is -1.87. The number of rotatable bonds is 0. The second-order valence-electron chi connectivity index (χ2n) is 2.62. The number of aryl methyl sites for hydroxylation is 2. The second kappa shape index (κ2) is 1.92. The van der Waals surface area contributed by atoms with Gasteiger partial charge in [0, 0.05) is 21.7 Å². The minimum atomic E-state index is 0.333. The molecule has 0 spiro atoms. The van der Waals surface area contributed by atoms with Gasteiger partial charge in [-0.15, -0.1) is 11.3 Å². The Labute approximate surface area is 63.7 Å². The highest BCUT2D eigenvalue weighted by Crippen LogP contribution is 2.29. The third kappa shape index (κ3) is 0.721. The van der Waals surface area contributed by atoms with Crippen molar-refractivity contribution in [2.75, 3.05) is 0 Å². The third-order valence-electron chi connectivity index (χ3n) is 1.81. The van der Waals surface area contributed by atoms with Crippen molar-refractivity contribution in [3.05, 3.63) is 21.4 Å². The monoisotopic (exact) mass is 152 g/mol. The molecule has 0 saturated heterocycles. The predicted molar refractivity (Wildman–Crippen MR) is 41.7 cm³/mol. The molecule has 1 aliphatic carbocycles. The van der Waals surface area contributed by atoms with Crippen LogP contribution in [0.15, 0.2) is 6.07 Å². The molecule has 0 atom stereocenters. The quantitative estimate of drug-likeness (QED) is 0.557. The molecule has 1 nitrogen and oxygen atoms in total. The normalized spacial score (nSPS) is 15.9. The first-order valence-electron chi connectivity index (χ1n) is 3.40. The highest BCUT2D eigenvalue weighted by Gasteiger charge is 2.20. The first-order chi connectivity index (χ1) is 4.77. The average Bonchev–Trinajstić information content (AvgIpc) is 2.35. The van der Waals surface area contributed by atoms with Gasteiger partial charge in [-0.05, 0) is 19.4 Å². The number of carbonyl (C=O) groups excluding carboxylic acids is 1. The smallest absolute Gasteiger partial charge is 0.164 e. The predicted octanol–water partition coefficient (Wildman–Crippen LogP) is 2.19. The molecule has 0 amide bonds. The summed E-state index contributed by atoms with van der Waals surface area (Å²) in [5, 5.41) is 0. The topological polar surface area (TPSA) is 17.1 Å². The number of fused-ring (bicyclic) bond motifs is 1. The zero-order valence-corrected chi connectivity index (χ0v) is 6.62. The molecule has 1 aliphatic rings. The third-order valence-corrected chi connectivity index (χ3v) is 2.92. The number of hydrogen-bond acceptors (Lipinski definition) is 2. The number of thiophene rings is 1. The highest BCUT2D eigenvalue weighted by atomic mass is 32.1. The minimum absolute atomic E-state index is 0.333. The summed E-state index contributed by atoms with van der Waals surface area (Å²) in [5.41, 5.74) is 0.988. The first kappa shape index (κ1) is 6.10. The molecule has 0 bridgehead atoms. The van der Waals surface area contributed by atoms with E-state index >= 15 is 0 Å². The Kier molecular flexibility index (Phi) is 1.17. The summed E-state index contributed by atoms with van der Waals surface area (Å²) in [6, 6.07) is 2.01. The fourth-order valence-corrected chi connectivity index (χ4v) is 2.40. The lowest BCUT2D eigenvalue weighted by Gasteiger charge is -1.81. The maximum Gasteiger partial charge on any atom is 0.164 e. The van der Waals surface area contributed by atoms with Gasteiger partial charge in [-0.3, -0.25) is 4.79 Å². The van der Waals surface area contributed by atoms with Crippen LogP contribution in [0.5, 0.6) is 0 Å². The Hall–Kier alpha value is -0.630. The van der Waals surface area contributed by atoms with Crippen molar-refractivity contribution in [1.82, 2.24) is 0 Å². The molecule has 1 aromatic heterocycles. The fraction of sp³-hybridized carbons (Fsp3) is 0.375. The maximum absolute atomic E-state index is 11.1. The number of Topliss-reactive ketones (excluding diaryl/α,β-unsaturated/α-hetero) is 1. The van der Waals surface area contributed by atoms with E-state index in [1.54, 1.807) is 11.3 Å². The van der Waals surface area contributed by atoms with Crippen LogP contribution in [0.1, 0.15) is 26.5 Å². The molecule has 2 heteroatoms. The summed E-state index contributed by atoms with van der Waals surface area (Å²) in [6.45, 7) is 2.05. The fourth-order valence-electron chi connectivity index (χ4n) is 1.35. The van der Waals surface area contributed by atoms with Crippen molar-refractivity contribution in [2.24, 2.45) is 0 Å². The Morgan fingerprint density at radius 3 is 3.00 bits per heavy atom. The van der Waals surface area contributed by atoms with E-state index in [0.717, 1.165) is 18.4 Å². The van der Waals surface area contributed by atoms with E-state index in [1.165, 1.54) is 9.75 Å². The molecule has 0 unspecified atom stereocenters. The summed E-state index contributed by atoms with van der Waals surface area (Å²) < 4.78 is 0. The first-order valence-corrected chi connectivity index (χ1v) is 4.21. The van der Waals surface area contributed by atoms with Gasteiger partial charge in [0.15, 0.2) is 5.78 Å². The van der Waals surface area contributed by atoms with Gasteiger partial charge in [0.05, 0.1) is 0 Å². The van der Waals surface area contributed by atoms with Crippen molar-refractivity contribution in [1.29, 1.82) is 0 Å². The molecule has 2 rings (SSSR count). The van der Waals surface area contributed by atoms with Crippen LogP contribution >= 0.6 is 11.3 Å². The second-order valence-corrected chi connectivity index (χ2v) is 3.96. The molecule has 0 saturated carbocycles. The van der Waals surface area contributed by atoms with E-state index < -0.39 is 0 Å². The lowest BCUT2D eigenvalue weighted by molar-refractivity contribution is 0.0994. The molecular weight excluding hydrogens is 144 g/mol. The number of ketones is 1. The molecule has 1 aromatic rings. The Balaban J connectivity index is 2.59. The summed E-state index contributed by atoms with van der Waals surface area (Å²) in [7, 11) is 0. The van der Waals surface area contributed by atoms with Crippen molar-refractivity contribution in [3.63, 3.8) is 0 Å². The van der Waals surface area contributed by atoms with Gasteiger partial charge in [-0.25, -0.2) is 0 Å². The van der Waals surface area contributed by atoms with Crippen LogP contribution in [-0.4, -0.2) is 5.78 Å². The van der Waals surface area contributed by atoms with Crippen molar-refractivity contribution in [2.45, 2.75) is 19.8 Å². The summed E-state index contributed by atoms with van der Waals surface area (Å²) in [6.07, 6.45) is 1.72. The van der Waals surface area contributed by atoms with Crippen LogP contribution in [0.3, 0.4) is 0 Å². The summed E-state index contributed by atoms with van der Waals surface area (Å²) in [4.78, 5) is 13.6. The molecule has 0 aliphatic heterocycles. The van der Waals surface area contributed by atoms with Gasteiger partial charge < -0.3 is 0 Å². The van der Waals surface area contributed by atoms with Crippen LogP contribution < -0.4 is 0 Å². The molecule has 0 radical (unpaired) electrons. The van der Waals surface area contributed by atoms with Gasteiger partial charge in [-0.2, -0.15) is 0 Å². The SMILES string of the molecule is Cc1cc2c(s1)CCC2=O. The largest absolute Gasteiger partial charge is 0.294 e. The van der Waals surface area contributed by atoms with Gasteiger partial charge >= 0.3 is 0 Å². The maximum atomic E-state index is 11.1. The van der Waals surface area contributed by atoms with E-state index in [-0.39, 0.29) is 0 Å². The Morgan fingerprint density at radius 2 is 2.30 bits per heavy atom. The van der Waals surface area contributed by atoms with Crippen LogP contribution in [0.2, 0.25) is 0 Å². The lowest BCUT2D eigenvalue weighted by atomic mass is 10.2. The van der Waals surface area contributed by atoms with Crippen molar-refractivity contribution in [3.8, 4) is 0 Å². The Bertz CT molecular complexity index is 285. The minimum Gasteiger partial charge on any atom is -0.294 e. The average molecular weight is 152 g/mol. The number of hydrogen-bond donors (Lipinski definition) is 0. The van der Waals surface area contributed by atoms with Gasteiger partial charge in [0.25, 0.3) is 0 Å². The van der Waals surface area contributed by atoms with Crippen molar-refractivity contribution < 1.29 is 4.79 Å². The van der Waals surface area contributed by atoms with E-state index in [1.807, 2.05) is 6.07 Å². The van der Waals surface area contributed by atoms with Gasteiger partial charge in [0.1, 0.15) is 0 Å². The molecular formula is C8H8OS. The molecule has 0 fully saturated rings. The molecule has 1 heterocycles. The molecule has 52 valence electrons. The molecule has 0 aromatic carbocycles. The number of carbonyl (C=O) groups is 1. The zero-order chi connectivity index (χ0) is 7.14. The molecule has 0 N–H and O–H groups in total. The van der Waals surface area contributed by atoms with Gasteiger partial charge in [-0.1, -0.05) is 0 Å². The van der Waals surface area contributed by atoms with Crippen molar-refractivity contribution >= 4 is 17.1 Å². The van der Waals surface area contributed by atoms with Gasteiger partial charge in [0.2, 0.25) is 0 Å². The highest BCUT2D eigenvalue weighted by molar-refractivity contribution is 7.12. The van der Waals surface area contributed by atoms with Crippen LogP contribution in [-0.2, 0) is 6.42 Å². The van der Waals surface area contributed by atoms with E-state index in [4.69, 9.17) is 0 Å². The summed E-state index contributed by atoms with van der Waals surface area (Å²) >= 11 is 1.76. The van der Waals surface area contributed by atoms with Crippen LogP contribution in [0.4, 0.5) is 0 Å². The standard InChI is InChI=1S/C8H8OS/c1-5-4-6-7(9)2-3-8(6)10-5/h4H,2-3H2,1H3. The summed E-state index contributed by atoms with van der Waals surface area (Å²) in [5.74, 6) is 0.333. The van der Waals surface area contributed by atoms with E-state index in [2.05, 4.69) is 6.92 Å². The zero-order valence-electron chi connectivity index (χ0n) is 5.81. The van der Waals surface area contributed by atoms with E-state index in [0.29, 0.717) is 5.78 Å². The van der Waals surface area contributed by atoms with E-state index in [9.17, 15) is 4.79 Å².